The third-order valence-electron chi connectivity index (χ3n) is 1.88. The summed E-state index contributed by atoms with van der Waals surface area (Å²) in [6.45, 7) is 3.83. The second kappa shape index (κ2) is 3.28. The molecule has 0 spiro atoms. The molecule has 0 aliphatic heterocycles. The summed E-state index contributed by atoms with van der Waals surface area (Å²) >= 11 is 0. The number of hydrogen-bond donors (Lipinski definition) is 1. The molecule has 1 atom stereocenters. The Morgan fingerprint density at radius 2 is 1.70 bits per heavy atom. The molecule has 0 aromatic rings. The molecule has 1 unspecified atom stereocenters. The minimum atomic E-state index is -2.92. The van der Waals surface area contributed by atoms with Gasteiger partial charge in [-0.15, -0.1) is 0 Å². The van der Waals surface area contributed by atoms with E-state index in [0.29, 0.717) is 0 Å². The monoisotopic (exact) mass is 152 g/mol. The summed E-state index contributed by atoms with van der Waals surface area (Å²) in [6, 6.07) is 0. The first-order chi connectivity index (χ1) is 4.41. The van der Waals surface area contributed by atoms with E-state index >= 15 is 0 Å². The summed E-state index contributed by atoms with van der Waals surface area (Å²) in [5.74, 6) is -3.77. The Morgan fingerprint density at radius 1 is 1.30 bits per heavy atom. The number of rotatable bonds is 3. The van der Waals surface area contributed by atoms with Gasteiger partial charge >= 0.3 is 0 Å². The van der Waals surface area contributed by atoms with Crippen molar-refractivity contribution in [2.75, 3.05) is 6.61 Å². The molecule has 1 nitrogen and oxygen atoms in total. The van der Waals surface area contributed by atoms with Gasteiger partial charge in [-0.3, -0.25) is 0 Å². The summed E-state index contributed by atoms with van der Waals surface area (Å²) in [4.78, 5) is 0. The molecule has 0 heterocycles. The van der Waals surface area contributed by atoms with Crippen LogP contribution >= 0.6 is 0 Å². The molecular formula is C7H14F2O. The van der Waals surface area contributed by atoms with Crippen LogP contribution in [-0.4, -0.2) is 17.6 Å². The lowest BCUT2D eigenvalue weighted by molar-refractivity contribution is -0.105. The maximum atomic E-state index is 12.5. The van der Waals surface area contributed by atoms with Crippen LogP contribution in [0.2, 0.25) is 0 Å². The molecule has 0 fully saturated rings. The molecule has 10 heavy (non-hydrogen) atoms. The fourth-order valence-electron chi connectivity index (χ4n) is 0.632. The van der Waals surface area contributed by atoms with Gasteiger partial charge in [0.15, 0.2) is 0 Å². The van der Waals surface area contributed by atoms with E-state index in [0.717, 1.165) is 0 Å². The Balaban J connectivity index is 4.03. The predicted octanol–water partition coefficient (Wildman–Crippen LogP) is 1.91. The quantitative estimate of drug-likeness (QED) is 0.655. The summed E-state index contributed by atoms with van der Waals surface area (Å²) in [5.41, 5.74) is 0. The third-order valence-corrected chi connectivity index (χ3v) is 1.88. The summed E-state index contributed by atoms with van der Waals surface area (Å²) in [5, 5.41) is 8.26. The van der Waals surface area contributed by atoms with Crippen molar-refractivity contribution in [2.45, 2.75) is 26.7 Å². The molecule has 0 bridgehead atoms. The highest BCUT2D eigenvalue weighted by Gasteiger charge is 2.36. The van der Waals surface area contributed by atoms with Crippen LogP contribution in [0.25, 0.3) is 0 Å². The zero-order chi connectivity index (χ0) is 8.36. The molecule has 0 saturated carbocycles. The van der Waals surface area contributed by atoms with Gasteiger partial charge in [-0.1, -0.05) is 20.8 Å². The Labute approximate surface area is 60.1 Å². The molecule has 0 radical (unpaired) electrons. The molecule has 1 N–H and O–H groups in total. The van der Waals surface area contributed by atoms with Crippen LogP contribution in [0.3, 0.4) is 0 Å². The van der Waals surface area contributed by atoms with Gasteiger partial charge in [0.2, 0.25) is 0 Å². The highest BCUT2D eigenvalue weighted by molar-refractivity contribution is 4.74. The molecule has 0 rings (SSSR count). The molecular weight excluding hydrogens is 138 g/mol. The average molecular weight is 152 g/mol. The normalized spacial score (nSPS) is 15.9. The third kappa shape index (κ3) is 2.21. The number of aliphatic hydroxyl groups excluding tert-OH is 1. The van der Waals surface area contributed by atoms with Crippen LogP contribution in [0.5, 0.6) is 0 Å². The van der Waals surface area contributed by atoms with Gasteiger partial charge in [0.25, 0.3) is 5.92 Å². The Morgan fingerprint density at radius 3 is 1.80 bits per heavy atom. The van der Waals surface area contributed by atoms with E-state index in [1.54, 1.807) is 13.8 Å². The lowest BCUT2D eigenvalue weighted by Gasteiger charge is -2.24. The van der Waals surface area contributed by atoms with Crippen molar-refractivity contribution in [3.8, 4) is 0 Å². The van der Waals surface area contributed by atoms with Crippen molar-refractivity contribution in [2.24, 2.45) is 11.8 Å². The Kier molecular flexibility index (Phi) is 3.22. The Bertz CT molecular complexity index is 102. The maximum Gasteiger partial charge on any atom is 0.273 e. The van der Waals surface area contributed by atoms with E-state index < -0.39 is 18.4 Å². The van der Waals surface area contributed by atoms with E-state index in [4.69, 9.17) is 5.11 Å². The van der Waals surface area contributed by atoms with Crippen molar-refractivity contribution in [3.05, 3.63) is 0 Å². The van der Waals surface area contributed by atoms with Crippen LogP contribution in [0.15, 0.2) is 0 Å². The van der Waals surface area contributed by atoms with Crippen molar-refractivity contribution in [1.82, 2.24) is 0 Å². The minimum absolute atomic E-state index is 0.0952. The van der Waals surface area contributed by atoms with E-state index in [2.05, 4.69) is 0 Å². The lowest BCUT2D eigenvalue weighted by atomic mass is 9.92. The van der Waals surface area contributed by atoms with E-state index in [-0.39, 0.29) is 5.92 Å². The van der Waals surface area contributed by atoms with Gasteiger partial charge in [0.1, 0.15) is 6.61 Å². The highest BCUT2D eigenvalue weighted by atomic mass is 19.3. The first-order valence-corrected chi connectivity index (χ1v) is 3.40. The molecule has 0 aromatic heterocycles. The molecule has 0 aromatic carbocycles. The minimum Gasteiger partial charge on any atom is -0.390 e. The smallest absolute Gasteiger partial charge is 0.273 e. The fraction of sp³-hybridized carbons (Fsp3) is 1.00. The van der Waals surface area contributed by atoms with Gasteiger partial charge in [-0.05, 0) is 5.92 Å². The fourth-order valence-corrected chi connectivity index (χ4v) is 0.632. The first kappa shape index (κ1) is 9.82. The Hall–Kier alpha value is -0.180. The number of aliphatic hydroxyl groups is 1. The first-order valence-electron chi connectivity index (χ1n) is 3.40. The average Bonchev–Trinajstić information content (AvgIpc) is 1.86. The molecule has 0 aliphatic carbocycles. The predicted molar refractivity (Wildman–Crippen MR) is 36.0 cm³/mol. The van der Waals surface area contributed by atoms with Crippen LogP contribution in [0, 0.1) is 11.8 Å². The van der Waals surface area contributed by atoms with Crippen LogP contribution in [0.4, 0.5) is 8.78 Å². The van der Waals surface area contributed by atoms with Gasteiger partial charge in [0, 0.05) is 5.92 Å². The SMILES string of the molecule is CC(C)C(C)C(F)(F)CO. The number of hydrogen-bond acceptors (Lipinski definition) is 1. The van der Waals surface area contributed by atoms with Crippen LogP contribution in [0.1, 0.15) is 20.8 Å². The van der Waals surface area contributed by atoms with Gasteiger partial charge in [-0.2, -0.15) is 0 Å². The molecule has 62 valence electrons. The van der Waals surface area contributed by atoms with Crippen LogP contribution < -0.4 is 0 Å². The van der Waals surface area contributed by atoms with Crippen molar-refractivity contribution < 1.29 is 13.9 Å². The second-order valence-electron chi connectivity index (χ2n) is 2.95. The summed E-state index contributed by atoms with van der Waals surface area (Å²) < 4.78 is 25.1. The van der Waals surface area contributed by atoms with Gasteiger partial charge in [-0.25, -0.2) is 8.78 Å². The second-order valence-corrected chi connectivity index (χ2v) is 2.95. The van der Waals surface area contributed by atoms with Crippen molar-refractivity contribution >= 4 is 0 Å². The maximum absolute atomic E-state index is 12.5. The lowest BCUT2D eigenvalue weighted by Crippen LogP contribution is -2.33. The highest BCUT2D eigenvalue weighted by Crippen LogP contribution is 2.29. The van der Waals surface area contributed by atoms with E-state index in [9.17, 15) is 8.78 Å². The molecule has 0 amide bonds. The summed E-state index contributed by atoms with van der Waals surface area (Å²) in [7, 11) is 0. The van der Waals surface area contributed by atoms with Gasteiger partial charge < -0.3 is 5.11 Å². The van der Waals surface area contributed by atoms with Crippen molar-refractivity contribution in [3.63, 3.8) is 0 Å². The zero-order valence-corrected chi connectivity index (χ0v) is 6.56. The molecule has 3 heteroatoms. The summed E-state index contributed by atoms with van der Waals surface area (Å²) in [6.07, 6.45) is 0. The standard InChI is InChI=1S/C7H14F2O/c1-5(2)6(3)7(8,9)4-10/h5-6,10H,4H2,1-3H3. The number of alkyl halides is 2. The van der Waals surface area contributed by atoms with Gasteiger partial charge in [0.05, 0.1) is 0 Å². The number of halogens is 2. The van der Waals surface area contributed by atoms with Crippen molar-refractivity contribution in [1.29, 1.82) is 0 Å². The zero-order valence-electron chi connectivity index (χ0n) is 6.56. The molecule has 0 saturated heterocycles. The molecule has 0 aliphatic rings. The van der Waals surface area contributed by atoms with E-state index in [1.165, 1.54) is 6.92 Å². The van der Waals surface area contributed by atoms with Crippen LogP contribution in [-0.2, 0) is 0 Å². The topological polar surface area (TPSA) is 20.2 Å². The van der Waals surface area contributed by atoms with E-state index in [1.807, 2.05) is 0 Å². The largest absolute Gasteiger partial charge is 0.390 e.